The molecular weight excluding hydrogens is 322 g/mol. The third-order valence-corrected chi connectivity index (χ3v) is 4.16. The first kappa shape index (κ1) is 16.8. The van der Waals surface area contributed by atoms with Crippen LogP contribution in [0.25, 0.3) is 0 Å². The van der Waals surface area contributed by atoms with E-state index >= 15 is 0 Å². The van der Waals surface area contributed by atoms with Crippen LogP contribution in [0.15, 0.2) is 58.4 Å². The molecule has 0 radical (unpaired) electrons. The van der Waals surface area contributed by atoms with E-state index in [0.717, 1.165) is 0 Å². The number of rotatable bonds is 5. The number of ketones is 1. The van der Waals surface area contributed by atoms with Gasteiger partial charge in [0.15, 0.2) is 11.5 Å². The second kappa shape index (κ2) is 6.47. The minimum Gasteiger partial charge on any atom is -0.503 e. The summed E-state index contributed by atoms with van der Waals surface area (Å²) < 4.78 is 10.6. The van der Waals surface area contributed by atoms with Crippen molar-refractivity contribution in [1.82, 2.24) is 0 Å². The lowest BCUT2D eigenvalue weighted by molar-refractivity contribution is -0.119. The van der Waals surface area contributed by atoms with Gasteiger partial charge in [0.1, 0.15) is 17.6 Å². The molecule has 2 aromatic rings. The Labute approximate surface area is 145 Å². The van der Waals surface area contributed by atoms with Gasteiger partial charge >= 0.3 is 0 Å². The minimum atomic E-state index is -0.800. The number of Topliss-reactive ketones (excluding diaryl/α,β-unsaturated/α-hetero) is 1. The van der Waals surface area contributed by atoms with Crippen LogP contribution in [0.1, 0.15) is 25.6 Å². The van der Waals surface area contributed by atoms with Crippen molar-refractivity contribution in [3.05, 3.63) is 59.8 Å². The third-order valence-electron chi connectivity index (χ3n) is 4.16. The lowest BCUT2D eigenvalue weighted by Gasteiger charge is -2.25. The van der Waals surface area contributed by atoms with Gasteiger partial charge < -0.3 is 14.3 Å². The Balaban J connectivity index is 2.11. The number of aliphatic hydroxyl groups is 1. The Morgan fingerprint density at radius 1 is 1.24 bits per heavy atom. The van der Waals surface area contributed by atoms with Crippen LogP contribution in [0.2, 0.25) is 0 Å². The molecule has 1 atom stereocenters. The van der Waals surface area contributed by atoms with E-state index in [4.69, 9.17) is 9.15 Å². The van der Waals surface area contributed by atoms with Gasteiger partial charge in [-0.3, -0.25) is 14.5 Å². The van der Waals surface area contributed by atoms with E-state index in [0.29, 0.717) is 17.2 Å². The van der Waals surface area contributed by atoms with E-state index in [1.54, 1.807) is 57.4 Å². The molecule has 0 bridgehead atoms. The number of aliphatic hydroxyl groups excluding tert-OH is 1. The molecule has 0 saturated heterocycles. The molecular formula is C19H19NO5. The smallest absolute Gasteiger partial charge is 0.294 e. The number of hydrogen-bond acceptors (Lipinski definition) is 5. The quantitative estimate of drug-likeness (QED) is 0.901. The molecule has 3 rings (SSSR count). The Bertz CT molecular complexity index is 818. The van der Waals surface area contributed by atoms with E-state index in [2.05, 4.69) is 0 Å². The van der Waals surface area contributed by atoms with E-state index in [1.165, 1.54) is 11.2 Å². The zero-order valence-corrected chi connectivity index (χ0v) is 14.2. The van der Waals surface area contributed by atoms with Gasteiger partial charge in [0.2, 0.25) is 0 Å². The van der Waals surface area contributed by atoms with Crippen LogP contribution in [-0.4, -0.2) is 23.9 Å². The molecule has 1 N–H and O–H groups in total. The van der Waals surface area contributed by atoms with Crippen molar-refractivity contribution in [2.24, 2.45) is 5.92 Å². The van der Waals surface area contributed by atoms with E-state index in [1.807, 2.05) is 0 Å². The highest BCUT2D eigenvalue weighted by atomic mass is 16.5. The van der Waals surface area contributed by atoms with Gasteiger partial charge in [0.25, 0.3) is 5.91 Å². The van der Waals surface area contributed by atoms with Crippen molar-refractivity contribution in [2.45, 2.75) is 19.9 Å². The van der Waals surface area contributed by atoms with Crippen LogP contribution in [-0.2, 0) is 9.59 Å². The third kappa shape index (κ3) is 2.80. The Kier molecular flexibility index (Phi) is 4.35. The number of amides is 1. The summed E-state index contributed by atoms with van der Waals surface area (Å²) in [7, 11) is 1.55. The van der Waals surface area contributed by atoms with Gasteiger partial charge in [0.05, 0.1) is 18.9 Å². The number of hydrogen-bond donors (Lipinski definition) is 1. The molecule has 0 saturated carbocycles. The fourth-order valence-corrected chi connectivity index (χ4v) is 2.89. The molecule has 1 amide bonds. The fourth-order valence-electron chi connectivity index (χ4n) is 2.89. The molecule has 0 fully saturated rings. The first-order chi connectivity index (χ1) is 12.0. The Hall–Kier alpha value is -3.02. The number of furan rings is 1. The number of methoxy groups -OCH3 is 1. The molecule has 1 unspecified atom stereocenters. The molecule has 0 spiro atoms. The van der Waals surface area contributed by atoms with Crippen LogP contribution < -0.4 is 9.64 Å². The molecule has 0 aliphatic carbocycles. The van der Waals surface area contributed by atoms with Crippen molar-refractivity contribution in [1.29, 1.82) is 0 Å². The summed E-state index contributed by atoms with van der Waals surface area (Å²) in [5, 5.41) is 10.4. The summed E-state index contributed by atoms with van der Waals surface area (Å²) in [6.07, 6.45) is 1.47. The van der Waals surface area contributed by atoms with Crippen molar-refractivity contribution in [2.75, 3.05) is 12.0 Å². The second-order valence-electron chi connectivity index (χ2n) is 6.07. The van der Waals surface area contributed by atoms with Gasteiger partial charge in [0, 0.05) is 11.6 Å². The van der Waals surface area contributed by atoms with Crippen LogP contribution in [0.3, 0.4) is 0 Å². The number of benzene rings is 1. The first-order valence-electron chi connectivity index (χ1n) is 7.94. The Morgan fingerprint density at radius 2 is 1.92 bits per heavy atom. The zero-order chi connectivity index (χ0) is 18.1. The fraction of sp³-hybridized carbons (Fsp3) is 0.263. The highest BCUT2D eigenvalue weighted by Gasteiger charge is 2.46. The SMILES string of the molecule is COc1ccc(N2C(=O)C(O)=C(C(=O)C(C)C)C2c2ccco2)cc1. The number of carbonyl (C=O) groups excluding carboxylic acids is 2. The van der Waals surface area contributed by atoms with Gasteiger partial charge in [-0.25, -0.2) is 0 Å². The van der Waals surface area contributed by atoms with Crippen LogP contribution >= 0.6 is 0 Å². The van der Waals surface area contributed by atoms with Gasteiger partial charge in [-0.1, -0.05) is 13.8 Å². The number of carbonyl (C=O) groups is 2. The Morgan fingerprint density at radius 3 is 2.44 bits per heavy atom. The summed E-state index contributed by atoms with van der Waals surface area (Å²) in [4.78, 5) is 26.7. The zero-order valence-electron chi connectivity index (χ0n) is 14.2. The van der Waals surface area contributed by atoms with E-state index < -0.39 is 17.7 Å². The lowest BCUT2D eigenvalue weighted by atomic mass is 9.94. The highest BCUT2D eigenvalue weighted by molar-refractivity contribution is 6.16. The molecule has 1 aliphatic rings. The average Bonchev–Trinajstić information content (AvgIpc) is 3.22. The molecule has 6 heteroatoms. The maximum absolute atomic E-state index is 12.7. The summed E-state index contributed by atoms with van der Waals surface area (Å²) in [6.45, 7) is 3.45. The largest absolute Gasteiger partial charge is 0.503 e. The van der Waals surface area contributed by atoms with Crippen LogP contribution in [0, 0.1) is 5.92 Å². The molecule has 130 valence electrons. The van der Waals surface area contributed by atoms with E-state index in [9.17, 15) is 14.7 Å². The molecule has 25 heavy (non-hydrogen) atoms. The number of nitrogens with zero attached hydrogens (tertiary/aromatic N) is 1. The lowest BCUT2D eigenvalue weighted by Crippen LogP contribution is -2.31. The number of anilines is 1. The highest BCUT2D eigenvalue weighted by Crippen LogP contribution is 2.42. The summed E-state index contributed by atoms with van der Waals surface area (Å²) in [6, 6.07) is 9.37. The van der Waals surface area contributed by atoms with Crippen LogP contribution in [0.5, 0.6) is 5.75 Å². The summed E-state index contributed by atoms with van der Waals surface area (Å²) in [5.74, 6) is -0.759. The monoisotopic (exact) mass is 341 g/mol. The van der Waals surface area contributed by atoms with Crippen molar-refractivity contribution in [3.63, 3.8) is 0 Å². The predicted molar refractivity (Wildman–Crippen MR) is 91.4 cm³/mol. The molecule has 1 aromatic carbocycles. The molecule has 6 nitrogen and oxygen atoms in total. The van der Waals surface area contributed by atoms with Gasteiger partial charge in [-0.05, 0) is 36.4 Å². The van der Waals surface area contributed by atoms with Crippen LogP contribution in [0.4, 0.5) is 5.69 Å². The van der Waals surface area contributed by atoms with Crippen molar-refractivity contribution >= 4 is 17.4 Å². The maximum Gasteiger partial charge on any atom is 0.294 e. The standard InChI is InChI=1S/C19H19NO5/c1-11(2)17(21)15-16(14-5-4-10-25-14)20(19(23)18(15)22)12-6-8-13(24-3)9-7-12/h4-11,16,22H,1-3H3. The normalized spacial score (nSPS) is 17.5. The topological polar surface area (TPSA) is 80.0 Å². The summed E-state index contributed by atoms with van der Waals surface area (Å²) >= 11 is 0. The average molecular weight is 341 g/mol. The molecule has 1 aliphatic heterocycles. The summed E-state index contributed by atoms with van der Waals surface area (Å²) in [5.41, 5.74) is 0.594. The predicted octanol–water partition coefficient (Wildman–Crippen LogP) is 3.41. The van der Waals surface area contributed by atoms with Gasteiger partial charge in [-0.2, -0.15) is 0 Å². The molecule has 2 heterocycles. The van der Waals surface area contributed by atoms with Gasteiger partial charge in [-0.15, -0.1) is 0 Å². The van der Waals surface area contributed by atoms with E-state index in [-0.39, 0.29) is 17.3 Å². The molecule has 1 aromatic heterocycles. The number of ether oxygens (including phenoxy) is 1. The van der Waals surface area contributed by atoms with Crippen molar-refractivity contribution < 1.29 is 23.8 Å². The first-order valence-corrected chi connectivity index (χ1v) is 7.94. The van der Waals surface area contributed by atoms with Crippen molar-refractivity contribution in [3.8, 4) is 5.75 Å². The minimum absolute atomic E-state index is 0.0609. The second-order valence-corrected chi connectivity index (χ2v) is 6.07. The maximum atomic E-state index is 12.7.